The normalized spacial score (nSPS) is 16.8. The van der Waals surface area contributed by atoms with Crippen LogP contribution in [0.4, 0.5) is 11.4 Å². The maximum absolute atomic E-state index is 12.0. The molecule has 1 amide bonds. The number of anilines is 2. The van der Waals surface area contributed by atoms with Gasteiger partial charge in [-0.05, 0) is 37.5 Å². The SMILES string of the molecule is Cc1ccc(NC(=O)C2CCOCC2)cc1N. The standard InChI is InChI=1S/C13H18N2O2/c1-9-2-3-11(8-12(9)14)15-13(16)10-4-6-17-7-5-10/h2-3,8,10H,4-7,14H2,1H3,(H,15,16). The highest BCUT2D eigenvalue weighted by atomic mass is 16.5. The number of amides is 1. The fourth-order valence-corrected chi connectivity index (χ4v) is 1.92. The van der Waals surface area contributed by atoms with Crippen LogP contribution in [-0.4, -0.2) is 19.1 Å². The number of carbonyl (C=O) groups is 1. The number of nitrogen functional groups attached to an aromatic ring is 1. The van der Waals surface area contributed by atoms with Gasteiger partial charge < -0.3 is 15.8 Å². The van der Waals surface area contributed by atoms with E-state index in [1.54, 1.807) is 6.07 Å². The van der Waals surface area contributed by atoms with E-state index < -0.39 is 0 Å². The van der Waals surface area contributed by atoms with E-state index in [1.165, 1.54) is 0 Å². The summed E-state index contributed by atoms with van der Waals surface area (Å²) in [6, 6.07) is 5.59. The molecular weight excluding hydrogens is 216 g/mol. The molecule has 1 aliphatic heterocycles. The molecule has 2 rings (SSSR count). The first-order chi connectivity index (χ1) is 8.16. The topological polar surface area (TPSA) is 64.3 Å². The highest BCUT2D eigenvalue weighted by molar-refractivity contribution is 5.93. The zero-order valence-corrected chi connectivity index (χ0v) is 10.0. The molecule has 1 aliphatic rings. The zero-order valence-electron chi connectivity index (χ0n) is 10.0. The fourth-order valence-electron chi connectivity index (χ4n) is 1.92. The number of nitrogens with one attached hydrogen (secondary N) is 1. The maximum Gasteiger partial charge on any atom is 0.227 e. The Bertz CT molecular complexity index is 412. The first kappa shape index (κ1) is 11.9. The molecule has 4 nitrogen and oxygen atoms in total. The summed E-state index contributed by atoms with van der Waals surface area (Å²) in [5.41, 5.74) is 8.30. The minimum absolute atomic E-state index is 0.0614. The fraction of sp³-hybridized carbons (Fsp3) is 0.462. The molecule has 4 heteroatoms. The van der Waals surface area contributed by atoms with Gasteiger partial charge in [-0.25, -0.2) is 0 Å². The predicted octanol–water partition coefficient (Wildman–Crippen LogP) is 1.94. The van der Waals surface area contributed by atoms with E-state index in [0.29, 0.717) is 18.9 Å². The maximum atomic E-state index is 12.0. The Morgan fingerprint density at radius 3 is 2.76 bits per heavy atom. The molecule has 17 heavy (non-hydrogen) atoms. The lowest BCUT2D eigenvalue weighted by Gasteiger charge is -2.21. The van der Waals surface area contributed by atoms with Crippen molar-refractivity contribution in [1.82, 2.24) is 0 Å². The van der Waals surface area contributed by atoms with Crippen LogP contribution in [0.5, 0.6) is 0 Å². The molecule has 3 N–H and O–H groups in total. The molecular formula is C13H18N2O2. The molecule has 0 saturated carbocycles. The van der Waals surface area contributed by atoms with Crippen LogP contribution in [0.15, 0.2) is 18.2 Å². The number of carbonyl (C=O) groups excluding carboxylic acids is 1. The van der Waals surface area contributed by atoms with Gasteiger partial charge in [0.2, 0.25) is 5.91 Å². The van der Waals surface area contributed by atoms with Gasteiger partial charge >= 0.3 is 0 Å². The van der Waals surface area contributed by atoms with Crippen molar-refractivity contribution in [2.24, 2.45) is 5.92 Å². The number of nitrogens with two attached hydrogens (primary N) is 1. The summed E-state index contributed by atoms with van der Waals surface area (Å²) in [5, 5.41) is 2.91. The Labute approximate surface area is 101 Å². The minimum Gasteiger partial charge on any atom is -0.398 e. The number of ether oxygens (including phenoxy) is 1. The van der Waals surface area contributed by atoms with Crippen LogP contribution < -0.4 is 11.1 Å². The molecule has 0 unspecified atom stereocenters. The number of rotatable bonds is 2. The van der Waals surface area contributed by atoms with E-state index in [0.717, 1.165) is 24.1 Å². The van der Waals surface area contributed by atoms with Gasteiger partial charge in [-0.15, -0.1) is 0 Å². The van der Waals surface area contributed by atoms with Crippen LogP contribution >= 0.6 is 0 Å². The smallest absolute Gasteiger partial charge is 0.227 e. The van der Waals surface area contributed by atoms with Crippen molar-refractivity contribution >= 4 is 17.3 Å². The van der Waals surface area contributed by atoms with Gasteiger partial charge in [0.15, 0.2) is 0 Å². The highest BCUT2D eigenvalue weighted by Crippen LogP contribution is 2.20. The number of hydrogen-bond donors (Lipinski definition) is 2. The summed E-state index contributed by atoms with van der Waals surface area (Å²) in [4.78, 5) is 12.0. The van der Waals surface area contributed by atoms with Crippen molar-refractivity contribution in [3.63, 3.8) is 0 Å². The van der Waals surface area contributed by atoms with Crippen LogP contribution in [0, 0.1) is 12.8 Å². The molecule has 0 radical (unpaired) electrons. The second-order valence-electron chi connectivity index (χ2n) is 4.45. The van der Waals surface area contributed by atoms with E-state index >= 15 is 0 Å². The molecule has 1 aromatic carbocycles. The molecule has 0 spiro atoms. The lowest BCUT2D eigenvalue weighted by atomic mass is 9.99. The number of aryl methyl sites for hydroxylation is 1. The Kier molecular flexibility index (Phi) is 3.64. The van der Waals surface area contributed by atoms with Crippen LogP contribution in [0.25, 0.3) is 0 Å². The van der Waals surface area contributed by atoms with Crippen LogP contribution in [0.2, 0.25) is 0 Å². The van der Waals surface area contributed by atoms with Crippen molar-refractivity contribution < 1.29 is 9.53 Å². The van der Waals surface area contributed by atoms with Gasteiger partial charge in [0.1, 0.15) is 0 Å². The Morgan fingerprint density at radius 2 is 2.12 bits per heavy atom. The van der Waals surface area contributed by atoms with Gasteiger partial charge in [-0.3, -0.25) is 4.79 Å². The Balaban J connectivity index is 1.99. The van der Waals surface area contributed by atoms with E-state index in [1.807, 2.05) is 19.1 Å². The first-order valence-electron chi connectivity index (χ1n) is 5.91. The quantitative estimate of drug-likeness (QED) is 0.769. The van der Waals surface area contributed by atoms with Crippen LogP contribution in [0.1, 0.15) is 18.4 Å². The Morgan fingerprint density at radius 1 is 1.41 bits per heavy atom. The van der Waals surface area contributed by atoms with E-state index in [4.69, 9.17) is 10.5 Å². The summed E-state index contributed by atoms with van der Waals surface area (Å²) < 4.78 is 5.23. The van der Waals surface area contributed by atoms with Gasteiger partial charge in [-0.1, -0.05) is 6.07 Å². The first-order valence-corrected chi connectivity index (χ1v) is 5.91. The number of benzene rings is 1. The highest BCUT2D eigenvalue weighted by Gasteiger charge is 2.21. The second-order valence-corrected chi connectivity index (χ2v) is 4.45. The molecule has 0 atom stereocenters. The monoisotopic (exact) mass is 234 g/mol. The largest absolute Gasteiger partial charge is 0.398 e. The van der Waals surface area contributed by atoms with Crippen LogP contribution in [0.3, 0.4) is 0 Å². The van der Waals surface area contributed by atoms with Gasteiger partial charge in [0.05, 0.1) is 0 Å². The van der Waals surface area contributed by atoms with E-state index in [2.05, 4.69) is 5.32 Å². The molecule has 92 valence electrons. The van der Waals surface area contributed by atoms with E-state index in [9.17, 15) is 4.79 Å². The second kappa shape index (κ2) is 5.19. The van der Waals surface area contributed by atoms with Gasteiger partial charge in [-0.2, -0.15) is 0 Å². The van der Waals surface area contributed by atoms with Crippen molar-refractivity contribution in [3.05, 3.63) is 23.8 Å². The third-order valence-corrected chi connectivity index (χ3v) is 3.14. The van der Waals surface area contributed by atoms with Crippen molar-refractivity contribution in [1.29, 1.82) is 0 Å². The summed E-state index contributed by atoms with van der Waals surface area (Å²) in [6.45, 7) is 3.29. The van der Waals surface area contributed by atoms with Crippen molar-refractivity contribution in [2.75, 3.05) is 24.3 Å². The molecule has 1 fully saturated rings. The summed E-state index contributed by atoms with van der Waals surface area (Å²) in [6.07, 6.45) is 1.60. The third kappa shape index (κ3) is 2.97. The van der Waals surface area contributed by atoms with Gasteiger partial charge in [0, 0.05) is 30.5 Å². The molecule has 1 saturated heterocycles. The zero-order chi connectivity index (χ0) is 12.3. The van der Waals surface area contributed by atoms with Crippen LogP contribution in [-0.2, 0) is 9.53 Å². The summed E-state index contributed by atoms with van der Waals surface area (Å²) in [5.74, 6) is 0.128. The molecule has 0 bridgehead atoms. The molecule has 0 aromatic heterocycles. The summed E-state index contributed by atoms with van der Waals surface area (Å²) in [7, 11) is 0. The van der Waals surface area contributed by atoms with E-state index in [-0.39, 0.29) is 11.8 Å². The predicted molar refractivity (Wildman–Crippen MR) is 67.8 cm³/mol. The van der Waals surface area contributed by atoms with Gasteiger partial charge in [0.25, 0.3) is 0 Å². The average molecular weight is 234 g/mol. The minimum atomic E-state index is 0.0614. The molecule has 1 heterocycles. The molecule has 1 aromatic rings. The molecule has 0 aliphatic carbocycles. The van der Waals surface area contributed by atoms with Crippen molar-refractivity contribution in [2.45, 2.75) is 19.8 Å². The number of hydrogen-bond acceptors (Lipinski definition) is 3. The summed E-state index contributed by atoms with van der Waals surface area (Å²) >= 11 is 0. The Hall–Kier alpha value is -1.55. The lowest BCUT2D eigenvalue weighted by molar-refractivity contribution is -0.122. The third-order valence-electron chi connectivity index (χ3n) is 3.14. The van der Waals surface area contributed by atoms with Crippen molar-refractivity contribution in [3.8, 4) is 0 Å². The lowest BCUT2D eigenvalue weighted by Crippen LogP contribution is -2.28. The average Bonchev–Trinajstić information content (AvgIpc) is 2.35.